The lowest BCUT2D eigenvalue weighted by atomic mass is 9.98. The number of fused-ring (bicyclic) bond motifs is 6. The van der Waals surface area contributed by atoms with Crippen LogP contribution < -0.4 is 0 Å². The summed E-state index contributed by atoms with van der Waals surface area (Å²) in [5, 5.41) is 20.2. The Kier molecular flexibility index (Phi) is 10.5. The number of alkyl halides is 3. The zero-order valence-corrected chi connectivity index (χ0v) is 40.8. The zero-order chi connectivity index (χ0) is 51.3. The molecule has 6 aromatic heterocycles. The first-order valence-electron chi connectivity index (χ1n) is 23.5. The van der Waals surface area contributed by atoms with Gasteiger partial charge >= 0.3 is 6.18 Å². The number of nitrogens with zero attached hydrogens (tertiary/aromatic N) is 14. The van der Waals surface area contributed by atoms with E-state index in [2.05, 4.69) is 66.1 Å². The summed E-state index contributed by atoms with van der Waals surface area (Å²) < 4.78 is 55.0. The fraction of sp³-hybridized carbons (Fsp3) is 0.143. The van der Waals surface area contributed by atoms with Gasteiger partial charge in [-0.15, -0.1) is 0 Å². The minimum Gasteiger partial charge on any atom is -0.308 e. The molecule has 0 aliphatic heterocycles. The van der Waals surface area contributed by atoms with E-state index >= 15 is 13.2 Å². The quantitative estimate of drug-likeness (QED) is 0.159. The van der Waals surface area contributed by atoms with Crippen LogP contribution in [0, 0.1) is 59.8 Å². The van der Waals surface area contributed by atoms with Crippen LogP contribution in [-0.2, 0) is 6.18 Å². The standard InChI is InChI=1S/C56H40F3N15/c1-27-61-28(2)65-52(64-27)36-11-15-41-42-16-12-37(53-66-29(3)62-30(4)67-53)21-46(42)73(45(41)20-36)49-24-40(35-10-8-9-34(19-35)26-60)25-50(51(49)56(57,58)59)74-47-22-38(54-68-31(5)63-32(6)69-54)13-17-43(47)44-18-14-39(23-48(44)74)55-70-33(7)71-72-55/h8-25H,1-7H3,(H,70,71,72). The molecule has 0 spiro atoms. The van der Waals surface area contributed by atoms with Crippen molar-refractivity contribution in [1.29, 1.82) is 5.26 Å². The predicted octanol–water partition coefficient (Wildman–Crippen LogP) is 11.9. The predicted molar refractivity (Wildman–Crippen MR) is 275 cm³/mol. The van der Waals surface area contributed by atoms with Gasteiger partial charge in [0.1, 0.15) is 46.3 Å². The van der Waals surface area contributed by atoms with Gasteiger partial charge in [-0.25, -0.2) is 49.8 Å². The smallest absolute Gasteiger partial charge is 0.308 e. The summed E-state index contributed by atoms with van der Waals surface area (Å²) in [7, 11) is 0. The minimum atomic E-state index is -5.01. The van der Waals surface area contributed by atoms with Gasteiger partial charge in [0.15, 0.2) is 23.3 Å². The Labute approximate surface area is 419 Å². The highest BCUT2D eigenvalue weighted by Crippen LogP contribution is 2.47. The third kappa shape index (κ3) is 7.82. The highest BCUT2D eigenvalue weighted by atomic mass is 19.4. The van der Waals surface area contributed by atoms with E-state index in [1.54, 1.807) is 94.0 Å². The highest BCUT2D eigenvalue weighted by molar-refractivity contribution is 6.13. The molecule has 0 bridgehead atoms. The molecule has 0 saturated heterocycles. The molecule has 0 saturated carbocycles. The summed E-state index contributed by atoms with van der Waals surface area (Å²) in [5.41, 5.74) is 4.01. The first kappa shape index (κ1) is 45.5. The molecule has 6 aromatic carbocycles. The number of hydrogen-bond donors (Lipinski definition) is 1. The summed E-state index contributed by atoms with van der Waals surface area (Å²) in [5.74, 6) is 5.02. The zero-order valence-electron chi connectivity index (χ0n) is 40.8. The lowest BCUT2D eigenvalue weighted by Crippen LogP contribution is -2.16. The Morgan fingerprint density at radius 2 is 0.797 bits per heavy atom. The number of H-pyrrole nitrogens is 1. The number of aryl methyl sites for hydroxylation is 7. The molecule has 6 heterocycles. The number of nitrogens with one attached hydrogen (secondary N) is 1. The summed E-state index contributed by atoms with van der Waals surface area (Å²) >= 11 is 0. The molecule has 1 N–H and O–H groups in total. The van der Waals surface area contributed by atoms with E-state index in [4.69, 9.17) is 0 Å². The molecule has 0 atom stereocenters. The Morgan fingerprint density at radius 3 is 1.14 bits per heavy atom. The molecule has 15 nitrogen and oxygen atoms in total. The number of rotatable bonds is 7. The van der Waals surface area contributed by atoms with Crippen molar-refractivity contribution in [2.45, 2.75) is 54.6 Å². The van der Waals surface area contributed by atoms with Crippen LogP contribution in [0.3, 0.4) is 0 Å². The van der Waals surface area contributed by atoms with Gasteiger partial charge < -0.3 is 9.13 Å². The van der Waals surface area contributed by atoms with Crippen LogP contribution in [0.5, 0.6) is 0 Å². The van der Waals surface area contributed by atoms with Crippen LogP contribution in [0.4, 0.5) is 13.2 Å². The largest absolute Gasteiger partial charge is 0.420 e. The molecule has 74 heavy (non-hydrogen) atoms. The molecule has 18 heteroatoms. The molecule has 0 amide bonds. The number of nitriles is 1. The van der Waals surface area contributed by atoms with Gasteiger partial charge in [-0.3, -0.25) is 5.10 Å². The van der Waals surface area contributed by atoms with Crippen LogP contribution in [-0.4, -0.2) is 69.2 Å². The minimum absolute atomic E-state index is 0.189. The van der Waals surface area contributed by atoms with Crippen molar-refractivity contribution in [3.05, 3.63) is 161 Å². The van der Waals surface area contributed by atoms with Gasteiger partial charge in [-0.05, 0) is 108 Å². The van der Waals surface area contributed by atoms with E-state index in [0.717, 1.165) is 0 Å². The molecular formula is C56H40F3N15. The molecule has 360 valence electrons. The second kappa shape index (κ2) is 17.0. The number of hydrogen-bond acceptors (Lipinski definition) is 12. The van der Waals surface area contributed by atoms with E-state index in [1.807, 2.05) is 72.8 Å². The first-order valence-corrected chi connectivity index (χ1v) is 23.5. The molecule has 0 aliphatic carbocycles. The Bertz CT molecular complexity index is 4200. The first-order chi connectivity index (χ1) is 35.6. The molecular weight excluding hydrogens is 940 g/mol. The molecule has 0 aliphatic rings. The number of aromatic amines is 1. The second-order valence-electron chi connectivity index (χ2n) is 18.2. The van der Waals surface area contributed by atoms with Gasteiger partial charge in [0.25, 0.3) is 0 Å². The lowest BCUT2D eigenvalue weighted by Gasteiger charge is -2.23. The van der Waals surface area contributed by atoms with E-state index in [9.17, 15) is 5.26 Å². The Morgan fingerprint density at radius 1 is 0.419 bits per heavy atom. The normalized spacial score (nSPS) is 11.9. The summed E-state index contributed by atoms with van der Waals surface area (Å²) in [6.07, 6.45) is -5.01. The molecule has 12 rings (SSSR count). The maximum Gasteiger partial charge on any atom is 0.420 e. The van der Waals surface area contributed by atoms with Crippen LogP contribution in [0.2, 0.25) is 0 Å². The fourth-order valence-electron chi connectivity index (χ4n) is 10.0. The molecule has 0 fully saturated rings. The highest BCUT2D eigenvalue weighted by Gasteiger charge is 2.40. The maximum absolute atomic E-state index is 17.2. The van der Waals surface area contributed by atoms with Crippen molar-refractivity contribution in [2.75, 3.05) is 0 Å². The van der Waals surface area contributed by atoms with Crippen molar-refractivity contribution in [3.63, 3.8) is 0 Å². The SMILES string of the molecule is Cc1nc(C)nc(-c2ccc3c4ccc(-c5nc(C)nc(C)n5)cc4n(-c4cc(-c5cccc(C#N)c5)cc(-n5c6cc(-c7nc(C)nc(C)n7)ccc6c6ccc(-c7n[nH]c(C)n7)cc65)c4C(F)(F)F)c3c2)n1. The summed E-state index contributed by atoms with van der Waals surface area (Å²) in [6.45, 7) is 12.4. The van der Waals surface area contributed by atoms with E-state index in [-0.39, 0.29) is 11.4 Å². The van der Waals surface area contributed by atoms with E-state index in [1.165, 1.54) is 0 Å². The molecule has 12 aromatic rings. The van der Waals surface area contributed by atoms with Crippen LogP contribution >= 0.6 is 0 Å². The van der Waals surface area contributed by atoms with Gasteiger partial charge in [0.05, 0.1) is 45.1 Å². The van der Waals surface area contributed by atoms with Crippen LogP contribution in [0.1, 0.15) is 51.9 Å². The van der Waals surface area contributed by atoms with Crippen molar-refractivity contribution >= 4 is 43.6 Å². The third-order valence-electron chi connectivity index (χ3n) is 12.9. The lowest BCUT2D eigenvalue weighted by molar-refractivity contribution is -0.137. The molecule has 0 unspecified atom stereocenters. The van der Waals surface area contributed by atoms with Gasteiger partial charge in [0, 0.05) is 43.8 Å². The van der Waals surface area contributed by atoms with E-state index < -0.39 is 11.7 Å². The average molecular weight is 980 g/mol. The maximum atomic E-state index is 17.2. The Balaban J connectivity index is 1.27. The Hall–Kier alpha value is -9.63. The monoisotopic (exact) mass is 979 g/mol. The van der Waals surface area contributed by atoms with Gasteiger partial charge in [-0.1, -0.05) is 60.7 Å². The summed E-state index contributed by atoms with van der Waals surface area (Å²) in [4.78, 5) is 45.6. The van der Waals surface area contributed by atoms with E-state index in [0.29, 0.717) is 147 Å². The number of halogens is 3. The van der Waals surface area contributed by atoms with Crippen molar-refractivity contribution in [1.82, 2.24) is 69.2 Å². The number of benzene rings is 6. The van der Waals surface area contributed by atoms with Gasteiger partial charge in [-0.2, -0.15) is 23.5 Å². The van der Waals surface area contributed by atoms with Gasteiger partial charge in [0.2, 0.25) is 0 Å². The van der Waals surface area contributed by atoms with Crippen LogP contribution in [0.25, 0.3) is 112 Å². The molecule has 0 radical (unpaired) electrons. The van der Waals surface area contributed by atoms with Crippen molar-refractivity contribution in [3.8, 4) is 74.1 Å². The van der Waals surface area contributed by atoms with Crippen molar-refractivity contribution in [2.24, 2.45) is 0 Å². The second-order valence-corrected chi connectivity index (χ2v) is 18.2. The number of aromatic nitrogens is 14. The fourth-order valence-corrected chi connectivity index (χ4v) is 10.0. The third-order valence-corrected chi connectivity index (χ3v) is 12.9. The van der Waals surface area contributed by atoms with Crippen LogP contribution in [0.15, 0.2) is 109 Å². The summed E-state index contributed by atoms with van der Waals surface area (Å²) in [6, 6.07) is 34.4. The topological polar surface area (TPSA) is 191 Å². The van der Waals surface area contributed by atoms with Crippen molar-refractivity contribution < 1.29 is 13.2 Å². The average Bonchev–Trinajstić information content (AvgIpc) is 4.06.